The summed E-state index contributed by atoms with van der Waals surface area (Å²) in [6.45, 7) is 15.0. The van der Waals surface area contributed by atoms with Gasteiger partial charge < -0.3 is 60.4 Å². The number of carbonyl (C=O) groups excluding carboxylic acids is 5. The van der Waals surface area contributed by atoms with Crippen molar-refractivity contribution in [3.8, 4) is 34.5 Å². The van der Waals surface area contributed by atoms with E-state index in [0.717, 1.165) is 22.2 Å². The third-order valence-electron chi connectivity index (χ3n) is 17.9. The van der Waals surface area contributed by atoms with Gasteiger partial charge in [-0.25, -0.2) is 4.79 Å². The van der Waals surface area contributed by atoms with E-state index in [9.17, 15) is 39.3 Å². The van der Waals surface area contributed by atoms with Crippen LogP contribution in [0.2, 0.25) is 15.1 Å². The van der Waals surface area contributed by atoms with Crippen molar-refractivity contribution in [2.24, 2.45) is 30.7 Å². The van der Waals surface area contributed by atoms with Crippen LogP contribution in [0.25, 0.3) is 32.3 Å². The first-order valence-corrected chi connectivity index (χ1v) is 37.9. The number of nitrogens with zero attached hydrogens (tertiary/aromatic N) is 7. The maximum Gasteiger partial charge on any atom is 0.342 e. The second-order valence-corrected chi connectivity index (χ2v) is 29.0. The number of methoxy groups -OCH3 is 1. The molecule has 0 saturated heterocycles. The number of aryl methyl sites for hydroxylation is 3. The molecule has 0 aliphatic carbocycles. The van der Waals surface area contributed by atoms with Gasteiger partial charge in [-0.05, 0) is 222 Å². The van der Waals surface area contributed by atoms with E-state index in [1.807, 2.05) is 126 Å². The van der Waals surface area contributed by atoms with Gasteiger partial charge in [0.2, 0.25) is 0 Å². The van der Waals surface area contributed by atoms with Gasteiger partial charge in [0, 0.05) is 80.6 Å². The molecule has 0 atom stereocenters. The molecule has 0 aromatic heterocycles. The number of anilines is 5. The number of hydrogen-bond donors (Lipinski definition) is 7. The number of carbonyl (C=O) groups is 5. The van der Waals surface area contributed by atoms with Gasteiger partial charge in [-0.2, -0.15) is 10.2 Å². The number of phenols is 3. The van der Waals surface area contributed by atoms with E-state index in [1.165, 1.54) is 7.11 Å². The Kier molecular flexibility index (Phi) is 27.3. The number of ether oxygens (including phenoxy) is 4. The monoisotopic (exact) mass is 1630 g/mol. The van der Waals surface area contributed by atoms with Crippen molar-refractivity contribution in [2.45, 2.75) is 61.0 Å². The van der Waals surface area contributed by atoms with Crippen LogP contribution in [0.4, 0.5) is 62.6 Å². The van der Waals surface area contributed by atoms with Gasteiger partial charge in [0.15, 0.2) is 17.2 Å². The number of hydrogen-bond acceptors (Lipinski definition) is 19. The Morgan fingerprint density at radius 1 is 0.419 bits per heavy atom. The van der Waals surface area contributed by atoms with Gasteiger partial charge in [-0.1, -0.05) is 120 Å². The van der Waals surface area contributed by atoms with E-state index in [-0.39, 0.29) is 73.5 Å². The normalized spacial score (nSPS) is 11.2. The molecule has 0 unspecified atom stereocenters. The summed E-state index contributed by atoms with van der Waals surface area (Å²) in [7, 11) is 5.46. The number of halogens is 3. The summed E-state index contributed by atoms with van der Waals surface area (Å²) in [5.41, 5.74) is 7.38. The van der Waals surface area contributed by atoms with Crippen LogP contribution in [0, 0.1) is 20.8 Å². The molecule has 7 N–H and O–H groups in total. The lowest BCUT2D eigenvalue weighted by molar-refractivity contribution is 0.00664. The first kappa shape index (κ1) is 84.2. The first-order chi connectivity index (χ1) is 56.1. The fourth-order valence-corrected chi connectivity index (χ4v) is 12.7. The molecule has 594 valence electrons. The second-order valence-electron chi connectivity index (χ2n) is 27.7. The van der Waals surface area contributed by atoms with Crippen LogP contribution in [0.3, 0.4) is 0 Å². The molecule has 0 saturated carbocycles. The quantitative estimate of drug-likeness (QED) is 0.0260. The summed E-state index contributed by atoms with van der Waals surface area (Å²) in [5.74, 6) is -1.98. The second kappa shape index (κ2) is 37.9. The van der Waals surface area contributed by atoms with E-state index in [0.29, 0.717) is 118 Å². The molecule has 0 heterocycles. The molecule has 0 aliphatic rings. The summed E-state index contributed by atoms with van der Waals surface area (Å²) in [6, 6.07) is 66.5. The summed E-state index contributed by atoms with van der Waals surface area (Å²) < 4.78 is 22.5. The highest BCUT2D eigenvalue weighted by atomic mass is 35.5. The number of rotatable bonds is 21. The van der Waals surface area contributed by atoms with E-state index < -0.39 is 23.4 Å². The number of azo groups is 3. The molecule has 0 bridgehead atoms. The Labute approximate surface area is 690 Å². The van der Waals surface area contributed by atoms with Gasteiger partial charge >= 0.3 is 5.97 Å². The molecule has 0 spiro atoms. The number of fused-ring (bicyclic) bond motifs is 3. The smallest absolute Gasteiger partial charge is 0.342 e. The zero-order valence-corrected chi connectivity index (χ0v) is 67.9. The average Bonchev–Trinajstić information content (AvgIpc) is 0.780. The minimum atomic E-state index is -0.676. The van der Waals surface area contributed by atoms with Crippen LogP contribution >= 0.6 is 34.8 Å². The molecular weight excluding hydrogens is 1550 g/mol. The van der Waals surface area contributed by atoms with E-state index in [2.05, 4.69) is 52.0 Å². The average molecular weight is 1630 g/mol. The van der Waals surface area contributed by atoms with Crippen molar-refractivity contribution in [2.75, 3.05) is 60.6 Å². The third-order valence-corrected chi connectivity index (χ3v) is 18.7. The predicted octanol–water partition coefficient (Wildman–Crippen LogP) is 24.6. The van der Waals surface area contributed by atoms with Crippen LogP contribution in [-0.2, 0) is 4.74 Å². The Morgan fingerprint density at radius 2 is 0.872 bits per heavy atom. The van der Waals surface area contributed by atoms with Crippen LogP contribution in [0.5, 0.6) is 34.5 Å². The lowest BCUT2D eigenvalue weighted by Gasteiger charge is -2.20. The number of amides is 4. The topological polar surface area (TPSA) is 308 Å². The van der Waals surface area contributed by atoms with Gasteiger partial charge in [-0.3, -0.25) is 19.2 Å². The molecule has 0 aliphatic heterocycles. The van der Waals surface area contributed by atoms with E-state index in [4.69, 9.17) is 53.8 Å². The van der Waals surface area contributed by atoms with Crippen molar-refractivity contribution in [3.05, 3.63) is 290 Å². The third kappa shape index (κ3) is 21.0. The zero-order chi connectivity index (χ0) is 83.8. The first-order valence-electron chi connectivity index (χ1n) is 36.8. The Balaban J connectivity index is 0.000000177. The minimum Gasteiger partial charge on any atom is -0.505 e. The predicted molar refractivity (Wildman–Crippen MR) is 464 cm³/mol. The van der Waals surface area contributed by atoms with Crippen molar-refractivity contribution in [3.63, 3.8) is 0 Å². The molecule has 23 nitrogen and oxygen atoms in total. The fourth-order valence-electron chi connectivity index (χ4n) is 12.0. The molecule has 26 heteroatoms. The van der Waals surface area contributed by atoms with E-state index >= 15 is 0 Å². The van der Waals surface area contributed by atoms with Gasteiger partial charge in [0.05, 0.1) is 59.2 Å². The Morgan fingerprint density at radius 3 is 1.38 bits per heavy atom. The number of aromatic hydroxyl groups is 3. The van der Waals surface area contributed by atoms with Crippen molar-refractivity contribution < 1.29 is 58.2 Å². The summed E-state index contributed by atoms with van der Waals surface area (Å²) in [6.07, 6.45) is 0. The number of esters is 1. The number of nitrogens with one attached hydrogen (secondary N) is 4. The Hall–Kier alpha value is -13.7. The lowest BCUT2D eigenvalue weighted by Crippen LogP contribution is -2.23. The molecule has 117 heavy (non-hydrogen) atoms. The van der Waals surface area contributed by atoms with Crippen molar-refractivity contribution in [1.82, 2.24) is 0 Å². The Bertz CT molecular complexity index is 6020. The minimum absolute atomic E-state index is 0.0203. The molecular formula is C91H82Cl3N11O12. The van der Waals surface area contributed by atoms with Crippen molar-refractivity contribution >= 4 is 159 Å². The van der Waals surface area contributed by atoms with Crippen molar-refractivity contribution in [1.29, 1.82) is 0 Å². The highest BCUT2D eigenvalue weighted by Crippen LogP contribution is 2.46. The number of benzene rings is 13. The van der Waals surface area contributed by atoms with Crippen LogP contribution in [0.1, 0.15) is 103 Å². The van der Waals surface area contributed by atoms with Crippen LogP contribution < -0.4 is 40.4 Å². The standard InChI is InChI=1S/C36H33ClN4O6.C32H24Cl2N4O3.C23H25N3O3/c1-5-46-31-20-30(32(47-6-2)19-29(31)39-35(43)22-10-8-7-9-11-22)40-41-33-26-14-13-25(45-4)17-23(26)18-27(34(33)42)36(44)38-28-15-12-24(37)16-21(28)3;1-18-14-22(33)12-13-26(18)35-32(41)24-16-21-10-6-7-11-23(21)29(30(24)39)38-37-27-17-25(34)28(15-19(27)2)36-31(40)20-8-4-3-5-9-20;1-23(2,3)29-22(28)19-14-15-8-6-7-9-18(15)20(21(19)27)25-24-16-10-12-17(13-11-16)26(4)5/h7-20,42H,5-6H2,1-4H3,(H,38,44)(H,39,43);3-17,39H,1-2H3,(H,35,41)(H,36,40);6-14,27H,1-5H3. The van der Waals surface area contributed by atoms with Crippen LogP contribution in [0.15, 0.2) is 261 Å². The van der Waals surface area contributed by atoms with Gasteiger partial charge in [0.25, 0.3) is 23.6 Å². The zero-order valence-electron chi connectivity index (χ0n) is 65.6. The molecule has 0 radical (unpaired) electrons. The fraction of sp³-hybridized carbons (Fsp3) is 0.154. The molecule has 4 amide bonds. The van der Waals surface area contributed by atoms with Gasteiger partial charge in [-0.15, -0.1) is 20.5 Å². The SMILES string of the molecule is CCOc1cc(NC(=O)c2ccccc2)c(OCC)cc1N=Nc1c(O)c(C(=O)Nc2ccc(Cl)cc2C)cc2cc(OC)ccc12.CN(C)c1ccc(N=Nc2c(O)c(C(=O)OC(C)(C)C)cc3ccccc23)cc1.Cc1cc(NC(=O)c2ccccc2)c(Cl)cc1N=Nc1c(O)c(C(=O)Nc2ccc(Cl)cc2C)cc2ccccc12. The van der Waals surface area contributed by atoms with E-state index in [1.54, 1.807) is 179 Å². The molecule has 13 aromatic rings. The summed E-state index contributed by atoms with van der Waals surface area (Å²) in [4.78, 5) is 66.9. The highest BCUT2D eigenvalue weighted by Gasteiger charge is 2.27. The van der Waals surface area contributed by atoms with Crippen LogP contribution in [-0.4, -0.2) is 84.9 Å². The largest absolute Gasteiger partial charge is 0.505 e. The molecule has 13 aromatic carbocycles. The molecule has 0 fully saturated rings. The number of phenolic OH excluding ortho intramolecular Hbond substituents is 3. The highest BCUT2D eigenvalue weighted by molar-refractivity contribution is 6.34. The lowest BCUT2D eigenvalue weighted by atomic mass is 10.0. The summed E-state index contributed by atoms with van der Waals surface area (Å²) in [5, 5.41) is 76.2. The maximum atomic E-state index is 13.5. The maximum absolute atomic E-state index is 13.5. The van der Waals surface area contributed by atoms with Gasteiger partial charge in [0.1, 0.15) is 51.2 Å². The summed E-state index contributed by atoms with van der Waals surface area (Å²) >= 11 is 18.6. The molecule has 13 rings (SSSR count).